The van der Waals surface area contributed by atoms with Crippen LogP contribution in [-0.2, 0) is 33.7 Å². The molecular weight excluding hydrogens is 687 g/mol. The molecule has 1 spiro atoms. The quantitative estimate of drug-likeness (QED) is 0.293. The lowest BCUT2D eigenvalue weighted by molar-refractivity contribution is -0.102. The van der Waals surface area contributed by atoms with E-state index in [1.165, 1.54) is 7.11 Å². The molecule has 2 aliphatic carbocycles. The molecule has 0 radical (unpaired) electrons. The van der Waals surface area contributed by atoms with Crippen molar-refractivity contribution < 1.29 is 36.9 Å². The van der Waals surface area contributed by atoms with Crippen LogP contribution < -0.4 is 14.4 Å². The van der Waals surface area contributed by atoms with Gasteiger partial charge in [0.05, 0.1) is 23.0 Å². The SMILES string of the molecule is COCOc1cc(Cl)c2c(c1)C1(CC2)CCc2c(N3CC4CCC(C3)N4C(=O)OC(C)(C)C)nc(OC[C@@]34CCCN3C[C@H](F)C4)nc2C1(F)F. The van der Waals surface area contributed by atoms with Gasteiger partial charge in [0.15, 0.2) is 6.79 Å². The molecule has 0 saturated carbocycles. The second-order valence-corrected chi connectivity index (χ2v) is 16.7. The van der Waals surface area contributed by atoms with Crippen LogP contribution in [0.15, 0.2) is 12.1 Å². The molecule has 14 heteroatoms. The summed E-state index contributed by atoms with van der Waals surface area (Å²) >= 11 is 6.68. The van der Waals surface area contributed by atoms with E-state index in [1.807, 2.05) is 30.6 Å². The van der Waals surface area contributed by atoms with Gasteiger partial charge in [-0.2, -0.15) is 18.7 Å². The zero-order valence-corrected chi connectivity index (χ0v) is 30.5. The van der Waals surface area contributed by atoms with Crippen LogP contribution in [0.1, 0.15) is 88.1 Å². The first kappa shape index (κ1) is 35.0. The number of rotatable bonds is 7. The third-order valence-corrected chi connectivity index (χ3v) is 12.4. The molecule has 278 valence electrons. The topological polar surface area (TPSA) is 89.5 Å². The molecule has 2 bridgehead atoms. The first-order chi connectivity index (χ1) is 24.2. The van der Waals surface area contributed by atoms with Crippen molar-refractivity contribution in [2.24, 2.45) is 0 Å². The van der Waals surface area contributed by atoms with Crippen molar-refractivity contribution in [1.82, 2.24) is 19.8 Å². The van der Waals surface area contributed by atoms with Gasteiger partial charge in [0.25, 0.3) is 5.92 Å². The van der Waals surface area contributed by atoms with Gasteiger partial charge < -0.3 is 23.8 Å². The molecule has 2 aromatic rings. The molecule has 4 fully saturated rings. The summed E-state index contributed by atoms with van der Waals surface area (Å²) in [7, 11) is 1.49. The Morgan fingerprint density at radius 3 is 2.45 bits per heavy atom. The Morgan fingerprint density at radius 1 is 1.02 bits per heavy atom. The highest BCUT2D eigenvalue weighted by Crippen LogP contribution is 2.61. The maximum absolute atomic E-state index is 17.6. The Kier molecular flexibility index (Phi) is 8.61. The van der Waals surface area contributed by atoms with E-state index in [0.29, 0.717) is 72.2 Å². The summed E-state index contributed by atoms with van der Waals surface area (Å²) in [6, 6.07) is 2.91. The Balaban J connectivity index is 1.17. The molecule has 3 unspecified atom stereocenters. The lowest BCUT2D eigenvalue weighted by Crippen LogP contribution is -2.57. The number of amides is 1. The van der Waals surface area contributed by atoms with Gasteiger partial charge in [-0.05, 0) is 102 Å². The summed E-state index contributed by atoms with van der Waals surface area (Å²) in [5, 5.41) is 0.394. The number of carbonyl (C=O) groups is 1. The highest BCUT2D eigenvalue weighted by molar-refractivity contribution is 6.31. The fourth-order valence-corrected chi connectivity index (χ4v) is 10.2. The molecule has 1 aromatic carbocycles. The number of halogens is 4. The number of nitrogens with zero attached hydrogens (tertiary/aromatic N) is 5. The first-order valence-electron chi connectivity index (χ1n) is 18.3. The smallest absolute Gasteiger partial charge is 0.410 e. The van der Waals surface area contributed by atoms with E-state index < -0.39 is 28.6 Å². The molecule has 1 aromatic heterocycles. The van der Waals surface area contributed by atoms with Gasteiger partial charge in [0.1, 0.15) is 35.6 Å². The number of ether oxygens (including phenoxy) is 4. The van der Waals surface area contributed by atoms with Crippen LogP contribution in [0, 0.1) is 0 Å². The average Bonchev–Trinajstić information content (AvgIpc) is 3.79. The summed E-state index contributed by atoms with van der Waals surface area (Å²) in [6.45, 7) is 7.61. The largest absolute Gasteiger partial charge is 0.468 e. The standard InChI is InChI=1S/C37H47ClF3N5O5/c1-34(2,3)51-33(47)46-23-6-7-24(46)19-44(18-23)31-27-9-12-36(11-8-26-28(36)14-25(15-29(26)38)50-21-48-4)37(40,41)30(27)42-32(43-31)49-20-35-10-5-13-45(35)17-22(39)16-35/h14-15,22-24H,5-13,16-21H2,1-4H3/t22-,23?,24?,35+,36?/m1/s1. The van der Waals surface area contributed by atoms with Crippen LogP contribution >= 0.6 is 11.6 Å². The number of anilines is 1. The van der Waals surface area contributed by atoms with Gasteiger partial charge >= 0.3 is 12.1 Å². The fourth-order valence-electron chi connectivity index (χ4n) is 9.89. The maximum Gasteiger partial charge on any atom is 0.410 e. The Hall–Kier alpha value is -3.03. The zero-order valence-electron chi connectivity index (χ0n) is 29.8. The number of hydrogen-bond donors (Lipinski definition) is 0. The molecule has 51 heavy (non-hydrogen) atoms. The second-order valence-electron chi connectivity index (χ2n) is 16.3. The number of methoxy groups -OCH3 is 1. The lowest BCUT2D eigenvalue weighted by atomic mass is 9.66. The summed E-state index contributed by atoms with van der Waals surface area (Å²) in [6.07, 6.45) is 3.39. The minimum absolute atomic E-state index is 0.0378. The highest BCUT2D eigenvalue weighted by atomic mass is 35.5. The number of hydrogen-bond acceptors (Lipinski definition) is 9. The average molecular weight is 734 g/mol. The summed E-state index contributed by atoms with van der Waals surface area (Å²) < 4.78 is 72.6. The number of aromatic nitrogens is 2. The molecule has 4 saturated heterocycles. The van der Waals surface area contributed by atoms with Crippen molar-refractivity contribution in [3.8, 4) is 11.8 Å². The van der Waals surface area contributed by atoms with Crippen LogP contribution in [0.25, 0.3) is 0 Å². The molecule has 1 amide bonds. The van der Waals surface area contributed by atoms with Gasteiger partial charge in [-0.25, -0.2) is 9.18 Å². The Morgan fingerprint density at radius 2 is 1.75 bits per heavy atom. The number of benzene rings is 1. The highest BCUT2D eigenvalue weighted by Gasteiger charge is 2.63. The summed E-state index contributed by atoms with van der Waals surface area (Å²) in [5.74, 6) is -2.61. The molecule has 8 rings (SSSR count). The third-order valence-electron chi connectivity index (χ3n) is 12.1. The number of alkyl halides is 3. The van der Waals surface area contributed by atoms with Crippen LogP contribution in [0.5, 0.6) is 11.8 Å². The predicted molar refractivity (Wildman–Crippen MR) is 184 cm³/mol. The van der Waals surface area contributed by atoms with E-state index in [0.717, 1.165) is 32.2 Å². The molecule has 0 N–H and O–H groups in total. The number of fused-ring (bicyclic) bond motifs is 6. The molecule has 5 heterocycles. The van der Waals surface area contributed by atoms with Crippen LogP contribution in [0.4, 0.5) is 23.8 Å². The van der Waals surface area contributed by atoms with Crippen LogP contribution in [-0.4, -0.2) is 102 Å². The van der Waals surface area contributed by atoms with Crippen molar-refractivity contribution in [2.75, 3.05) is 51.6 Å². The Labute approximate surface area is 301 Å². The van der Waals surface area contributed by atoms with Gasteiger partial charge in [-0.1, -0.05) is 11.6 Å². The van der Waals surface area contributed by atoms with Gasteiger partial charge in [-0.15, -0.1) is 0 Å². The van der Waals surface area contributed by atoms with Crippen molar-refractivity contribution in [2.45, 2.75) is 119 Å². The minimum Gasteiger partial charge on any atom is -0.468 e. The molecular formula is C37H47ClF3N5O5. The van der Waals surface area contributed by atoms with Crippen molar-refractivity contribution in [3.05, 3.63) is 39.5 Å². The molecule has 10 nitrogen and oxygen atoms in total. The number of piperazine rings is 1. The second kappa shape index (κ2) is 12.5. The first-order valence-corrected chi connectivity index (χ1v) is 18.6. The molecule has 5 atom stereocenters. The van der Waals surface area contributed by atoms with Gasteiger partial charge in [0, 0.05) is 43.8 Å². The van der Waals surface area contributed by atoms with E-state index in [1.54, 1.807) is 12.1 Å². The lowest BCUT2D eigenvalue weighted by Gasteiger charge is -2.45. The van der Waals surface area contributed by atoms with E-state index in [4.69, 9.17) is 35.5 Å². The third kappa shape index (κ3) is 5.80. The number of carbonyl (C=O) groups excluding carboxylic acids is 1. The van der Waals surface area contributed by atoms with E-state index in [9.17, 15) is 9.18 Å². The van der Waals surface area contributed by atoms with E-state index in [-0.39, 0.29) is 56.1 Å². The van der Waals surface area contributed by atoms with Crippen LogP contribution in [0.2, 0.25) is 5.02 Å². The Bertz CT molecular complexity index is 1700. The van der Waals surface area contributed by atoms with Gasteiger partial charge in [-0.3, -0.25) is 9.80 Å². The van der Waals surface area contributed by atoms with Crippen molar-refractivity contribution >= 4 is 23.5 Å². The summed E-state index contributed by atoms with van der Waals surface area (Å²) in [4.78, 5) is 28.6. The monoisotopic (exact) mass is 733 g/mol. The van der Waals surface area contributed by atoms with Crippen molar-refractivity contribution in [1.29, 1.82) is 0 Å². The van der Waals surface area contributed by atoms with Crippen molar-refractivity contribution in [3.63, 3.8) is 0 Å². The zero-order chi connectivity index (χ0) is 35.9. The van der Waals surface area contributed by atoms with Gasteiger partial charge in [0.2, 0.25) is 0 Å². The molecule has 4 aliphatic heterocycles. The minimum atomic E-state index is -3.41. The van der Waals surface area contributed by atoms with E-state index in [2.05, 4.69) is 9.88 Å². The summed E-state index contributed by atoms with van der Waals surface area (Å²) in [5.41, 5.74) is -1.45. The van der Waals surface area contributed by atoms with Crippen LogP contribution in [0.3, 0.4) is 0 Å². The predicted octanol–water partition coefficient (Wildman–Crippen LogP) is 6.58. The molecule has 6 aliphatic rings. The maximum atomic E-state index is 17.6. The normalized spacial score (nSPS) is 30.8. The fraction of sp³-hybridized carbons (Fsp3) is 0.703. The van der Waals surface area contributed by atoms with E-state index >= 15 is 8.78 Å².